The van der Waals surface area contributed by atoms with Crippen LogP contribution in [0.2, 0.25) is 0 Å². The number of hydrogen-bond donors (Lipinski definition) is 1. The third kappa shape index (κ3) is 3.54. The van der Waals surface area contributed by atoms with Gasteiger partial charge in [-0.25, -0.2) is 4.39 Å². The van der Waals surface area contributed by atoms with Crippen LogP contribution < -0.4 is 0 Å². The van der Waals surface area contributed by atoms with Gasteiger partial charge in [0.1, 0.15) is 11.5 Å². The Morgan fingerprint density at radius 3 is 2.59 bits per heavy atom. The normalized spacial score (nSPS) is 24.3. The van der Waals surface area contributed by atoms with Gasteiger partial charge in [0.2, 0.25) is 0 Å². The smallest absolute Gasteiger partial charge is 0.274 e. The van der Waals surface area contributed by atoms with Crippen molar-refractivity contribution >= 4 is 11.8 Å². The highest BCUT2D eigenvalue weighted by Gasteiger charge is 2.40. The molecule has 1 saturated carbocycles. The number of aromatic amines is 1. The summed E-state index contributed by atoms with van der Waals surface area (Å²) in [6.07, 6.45) is 5.05. The molecule has 0 radical (unpaired) electrons. The summed E-state index contributed by atoms with van der Waals surface area (Å²) < 4.78 is 13.2. The van der Waals surface area contributed by atoms with Gasteiger partial charge in [-0.1, -0.05) is 0 Å². The standard InChI is InChI=1S/C22H25FN4O2/c23-17-7-5-15(6-8-17)21(28)26-11-9-20-16(13-26)2-1-10-27(20)22(29)19-12-18(24-25-19)14-3-4-14/h5-8,12,14,16,20H,1-4,9-11,13H2,(H,24,25)/t16-,20+/m1/s1. The van der Waals surface area contributed by atoms with E-state index in [4.69, 9.17) is 0 Å². The minimum Gasteiger partial charge on any atom is -0.338 e. The predicted octanol–water partition coefficient (Wildman–Crippen LogP) is 3.19. The van der Waals surface area contributed by atoms with Crippen LogP contribution in [0.4, 0.5) is 4.39 Å². The maximum Gasteiger partial charge on any atom is 0.274 e. The fourth-order valence-corrected chi connectivity index (χ4v) is 4.81. The zero-order valence-corrected chi connectivity index (χ0v) is 16.3. The van der Waals surface area contributed by atoms with Gasteiger partial charge in [-0.2, -0.15) is 5.10 Å². The lowest BCUT2D eigenvalue weighted by molar-refractivity contribution is 0.0194. The zero-order valence-electron chi connectivity index (χ0n) is 16.3. The molecular formula is C22H25FN4O2. The first-order chi connectivity index (χ1) is 14.1. The molecule has 2 amide bonds. The number of rotatable bonds is 3. The number of carbonyl (C=O) groups is 2. The quantitative estimate of drug-likeness (QED) is 0.866. The maximum atomic E-state index is 13.2. The van der Waals surface area contributed by atoms with Gasteiger partial charge in [-0.3, -0.25) is 14.7 Å². The molecule has 0 bridgehead atoms. The van der Waals surface area contributed by atoms with Crippen LogP contribution in [-0.4, -0.2) is 57.5 Å². The molecule has 3 aliphatic rings. The Morgan fingerprint density at radius 2 is 1.83 bits per heavy atom. The first kappa shape index (κ1) is 18.3. The molecule has 1 N–H and O–H groups in total. The minimum absolute atomic E-state index is 0.00108. The largest absolute Gasteiger partial charge is 0.338 e. The number of fused-ring (bicyclic) bond motifs is 1. The van der Waals surface area contributed by atoms with Gasteiger partial charge < -0.3 is 9.80 Å². The van der Waals surface area contributed by atoms with Crippen LogP contribution in [0.25, 0.3) is 0 Å². The molecule has 2 aromatic rings. The van der Waals surface area contributed by atoms with E-state index in [9.17, 15) is 14.0 Å². The lowest BCUT2D eigenvalue weighted by Gasteiger charge is -2.47. The number of piperidine rings is 2. The van der Waals surface area contributed by atoms with Gasteiger partial charge in [0, 0.05) is 42.9 Å². The number of benzene rings is 1. The number of aromatic nitrogens is 2. The summed E-state index contributed by atoms with van der Waals surface area (Å²) in [5, 5.41) is 7.30. The van der Waals surface area contributed by atoms with Crippen molar-refractivity contribution in [1.82, 2.24) is 20.0 Å². The summed E-state index contributed by atoms with van der Waals surface area (Å²) in [4.78, 5) is 29.7. The fourth-order valence-electron chi connectivity index (χ4n) is 4.81. The second-order valence-corrected chi connectivity index (χ2v) is 8.50. The van der Waals surface area contributed by atoms with E-state index in [1.165, 1.54) is 37.1 Å². The van der Waals surface area contributed by atoms with Gasteiger partial charge in [0.25, 0.3) is 11.8 Å². The minimum atomic E-state index is -0.343. The first-order valence-corrected chi connectivity index (χ1v) is 10.5. The highest BCUT2D eigenvalue weighted by atomic mass is 19.1. The van der Waals surface area contributed by atoms with Gasteiger partial charge in [-0.05, 0) is 68.4 Å². The van der Waals surface area contributed by atoms with Gasteiger partial charge in [0.05, 0.1) is 0 Å². The van der Waals surface area contributed by atoms with Crippen LogP contribution in [-0.2, 0) is 0 Å². The highest BCUT2D eigenvalue weighted by molar-refractivity contribution is 5.94. The molecule has 3 heterocycles. The molecule has 3 fully saturated rings. The number of nitrogens with one attached hydrogen (secondary N) is 1. The van der Waals surface area contributed by atoms with Crippen molar-refractivity contribution in [2.75, 3.05) is 19.6 Å². The third-order valence-corrected chi connectivity index (χ3v) is 6.54. The van der Waals surface area contributed by atoms with Crippen LogP contribution in [0.15, 0.2) is 30.3 Å². The number of amides is 2. The second-order valence-electron chi connectivity index (χ2n) is 8.50. The summed E-state index contributed by atoms with van der Waals surface area (Å²) in [5.74, 6) is 0.408. The van der Waals surface area contributed by atoms with E-state index in [0.717, 1.165) is 31.5 Å². The Bertz CT molecular complexity index is 921. The van der Waals surface area contributed by atoms with Crippen molar-refractivity contribution in [3.8, 4) is 0 Å². The van der Waals surface area contributed by atoms with Gasteiger partial charge in [-0.15, -0.1) is 0 Å². The van der Waals surface area contributed by atoms with Crippen molar-refractivity contribution in [1.29, 1.82) is 0 Å². The summed E-state index contributed by atoms with van der Waals surface area (Å²) in [6.45, 7) is 1.99. The Morgan fingerprint density at radius 1 is 1.03 bits per heavy atom. The summed E-state index contributed by atoms with van der Waals surface area (Å²) in [5.41, 5.74) is 2.09. The Balaban J connectivity index is 1.28. The van der Waals surface area contributed by atoms with Crippen LogP contribution in [0.1, 0.15) is 64.6 Å². The lowest BCUT2D eigenvalue weighted by Crippen LogP contribution is -2.56. The Labute approximate surface area is 169 Å². The fraction of sp³-hybridized carbons (Fsp3) is 0.500. The highest BCUT2D eigenvalue weighted by Crippen LogP contribution is 2.39. The Kier molecular flexibility index (Phi) is 4.60. The average Bonchev–Trinajstić information content (AvgIpc) is 3.49. The second kappa shape index (κ2) is 7.28. The van der Waals surface area contributed by atoms with E-state index in [1.807, 2.05) is 15.9 Å². The van der Waals surface area contributed by atoms with Gasteiger partial charge >= 0.3 is 0 Å². The predicted molar refractivity (Wildman–Crippen MR) is 105 cm³/mol. The van der Waals surface area contributed by atoms with Crippen molar-refractivity contribution in [3.63, 3.8) is 0 Å². The van der Waals surface area contributed by atoms with E-state index in [1.54, 1.807) is 0 Å². The van der Waals surface area contributed by atoms with Crippen molar-refractivity contribution in [2.45, 2.75) is 44.1 Å². The summed E-state index contributed by atoms with van der Waals surface area (Å²) >= 11 is 0. The van der Waals surface area contributed by atoms with Crippen molar-refractivity contribution < 1.29 is 14.0 Å². The zero-order chi connectivity index (χ0) is 20.0. The van der Waals surface area contributed by atoms with Crippen LogP contribution in [0, 0.1) is 11.7 Å². The number of likely N-dealkylation sites (tertiary alicyclic amines) is 2. The molecule has 2 aliphatic heterocycles. The van der Waals surface area contributed by atoms with E-state index in [2.05, 4.69) is 10.2 Å². The van der Waals surface area contributed by atoms with E-state index in [0.29, 0.717) is 30.3 Å². The third-order valence-electron chi connectivity index (χ3n) is 6.54. The molecule has 1 aliphatic carbocycles. The van der Waals surface area contributed by atoms with Crippen LogP contribution in [0.5, 0.6) is 0 Å². The molecule has 5 rings (SSSR count). The topological polar surface area (TPSA) is 69.3 Å². The number of carbonyl (C=O) groups excluding carboxylic acids is 2. The number of nitrogens with zero attached hydrogens (tertiary/aromatic N) is 3. The van der Waals surface area contributed by atoms with Gasteiger partial charge in [0.15, 0.2) is 0 Å². The van der Waals surface area contributed by atoms with E-state index in [-0.39, 0.29) is 29.6 Å². The van der Waals surface area contributed by atoms with Crippen LogP contribution >= 0.6 is 0 Å². The van der Waals surface area contributed by atoms with E-state index >= 15 is 0 Å². The molecule has 1 aromatic carbocycles. The van der Waals surface area contributed by atoms with Crippen molar-refractivity contribution in [2.24, 2.45) is 5.92 Å². The number of H-pyrrole nitrogens is 1. The average molecular weight is 396 g/mol. The molecule has 0 spiro atoms. The summed E-state index contributed by atoms with van der Waals surface area (Å²) in [6, 6.07) is 7.78. The summed E-state index contributed by atoms with van der Waals surface area (Å²) in [7, 11) is 0. The monoisotopic (exact) mass is 396 g/mol. The van der Waals surface area contributed by atoms with Crippen molar-refractivity contribution in [3.05, 3.63) is 53.1 Å². The number of hydrogen-bond acceptors (Lipinski definition) is 3. The Hall–Kier alpha value is -2.70. The number of halogens is 1. The first-order valence-electron chi connectivity index (χ1n) is 10.5. The molecule has 1 aromatic heterocycles. The lowest BCUT2D eigenvalue weighted by atomic mass is 9.83. The van der Waals surface area contributed by atoms with Crippen LogP contribution in [0.3, 0.4) is 0 Å². The molecule has 152 valence electrons. The molecule has 0 unspecified atom stereocenters. The molecule has 2 atom stereocenters. The van der Waals surface area contributed by atoms with E-state index < -0.39 is 0 Å². The SMILES string of the molecule is O=C(c1ccc(F)cc1)N1CC[C@H]2[C@H](CCCN2C(=O)c2cc(C3CC3)[nH]n2)C1. The molecule has 29 heavy (non-hydrogen) atoms. The molecule has 6 nitrogen and oxygen atoms in total. The molecule has 2 saturated heterocycles. The molecule has 7 heteroatoms. The molecular weight excluding hydrogens is 371 g/mol. The maximum absolute atomic E-state index is 13.2.